The molecule has 0 rings (SSSR count). The van der Waals surface area contributed by atoms with E-state index in [9.17, 15) is 19.0 Å². The van der Waals surface area contributed by atoms with Gasteiger partial charge in [0.1, 0.15) is 6.61 Å². The number of hydrogen-bond acceptors (Lipinski definition) is 8. The zero-order valence-electron chi connectivity index (χ0n) is 35.7. The molecule has 0 radical (unpaired) electrons. The van der Waals surface area contributed by atoms with Crippen molar-refractivity contribution in [1.29, 1.82) is 0 Å². The molecule has 0 saturated heterocycles. The Morgan fingerprint density at radius 2 is 0.945 bits per heavy atom. The van der Waals surface area contributed by atoms with Gasteiger partial charge in [-0.25, -0.2) is 4.57 Å². The van der Waals surface area contributed by atoms with Crippen LogP contribution in [0.3, 0.4) is 0 Å². The Balaban J connectivity index is 4.12. The van der Waals surface area contributed by atoms with Crippen LogP contribution in [0.5, 0.6) is 0 Å². The first-order chi connectivity index (χ1) is 26.8. The summed E-state index contributed by atoms with van der Waals surface area (Å²) < 4.78 is 32.8. The zero-order chi connectivity index (χ0) is 40.3. The molecular weight excluding hydrogens is 713 g/mol. The number of carbonyl (C=O) groups is 2. The molecular formula is C45H86NO8P. The van der Waals surface area contributed by atoms with Gasteiger partial charge < -0.3 is 20.1 Å². The fraction of sp³-hybridized carbons (Fsp3) is 0.867. The van der Waals surface area contributed by atoms with E-state index in [1.807, 2.05) is 0 Å². The Morgan fingerprint density at radius 3 is 1.40 bits per heavy atom. The van der Waals surface area contributed by atoms with Crippen molar-refractivity contribution in [3.8, 4) is 0 Å². The van der Waals surface area contributed by atoms with E-state index in [-0.39, 0.29) is 38.6 Å². The molecule has 324 valence electrons. The minimum Gasteiger partial charge on any atom is -0.462 e. The van der Waals surface area contributed by atoms with Gasteiger partial charge in [0.15, 0.2) is 6.10 Å². The predicted molar refractivity (Wildman–Crippen MR) is 229 cm³/mol. The standard InChI is InChI=1S/C45H86NO8P/c1-3-5-7-9-11-13-15-17-19-21-22-24-26-28-30-32-34-36-38-45(48)54-43(42-53-55(49,50)52-40-39-46)41-51-44(47)37-35-33-31-29-27-25-23-20-18-16-14-12-10-8-6-4-2/h13,15,19,21,43H,3-12,14,16-18,20,22-42,46H2,1-2H3,(H,49,50)/b15-13-,21-19-. The summed E-state index contributed by atoms with van der Waals surface area (Å²) in [5.74, 6) is -0.828. The molecule has 0 aliphatic rings. The van der Waals surface area contributed by atoms with Gasteiger partial charge in [0, 0.05) is 19.4 Å². The second-order valence-corrected chi connectivity index (χ2v) is 16.7. The van der Waals surface area contributed by atoms with Gasteiger partial charge in [-0.05, 0) is 44.9 Å². The summed E-state index contributed by atoms with van der Waals surface area (Å²) in [7, 11) is -4.38. The fourth-order valence-corrected chi connectivity index (χ4v) is 7.20. The molecule has 0 fully saturated rings. The van der Waals surface area contributed by atoms with E-state index >= 15 is 0 Å². The fourth-order valence-electron chi connectivity index (χ4n) is 6.43. The van der Waals surface area contributed by atoms with E-state index in [0.717, 1.165) is 51.4 Å². The first-order valence-corrected chi connectivity index (χ1v) is 24.3. The number of unbranched alkanes of at least 4 members (excludes halogenated alkanes) is 26. The van der Waals surface area contributed by atoms with Crippen molar-refractivity contribution in [3.63, 3.8) is 0 Å². The third-order valence-corrected chi connectivity index (χ3v) is 10.8. The molecule has 0 bridgehead atoms. The van der Waals surface area contributed by atoms with Crippen LogP contribution in [0.15, 0.2) is 24.3 Å². The molecule has 0 aromatic carbocycles. The average Bonchev–Trinajstić information content (AvgIpc) is 3.17. The van der Waals surface area contributed by atoms with Gasteiger partial charge in [0.05, 0.1) is 13.2 Å². The van der Waals surface area contributed by atoms with Gasteiger partial charge in [-0.1, -0.05) is 186 Å². The Hall–Kier alpha value is -1.51. The summed E-state index contributed by atoms with van der Waals surface area (Å²) in [5, 5.41) is 0. The van der Waals surface area contributed by atoms with Crippen molar-refractivity contribution in [2.24, 2.45) is 5.73 Å². The molecule has 0 aromatic heterocycles. The summed E-state index contributed by atoms with van der Waals surface area (Å²) in [6.07, 6.45) is 44.9. The quantitative estimate of drug-likeness (QED) is 0.0267. The molecule has 2 atom stereocenters. The largest absolute Gasteiger partial charge is 0.472 e. The number of nitrogens with two attached hydrogens (primary N) is 1. The molecule has 0 heterocycles. The van der Waals surface area contributed by atoms with Gasteiger partial charge in [-0.15, -0.1) is 0 Å². The second kappa shape index (κ2) is 42.1. The van der Waals surface area contributed by atoms with Crippen molar-refractivity contribution in [2.45, 2.75) is 225 Å². The van der Waals surface area contributed by atoms with E-state index in [4.69, 9.17) is 24.3 Å². The number of rotatable bonds is 43. The number of hydrogen-bond donors (Lipinski definition) is 2. The molecule has 10 heteroatoms. The number of ether oxygens (including phenoxy) is 2. The van der Waals surface area contributed by atoms with Gasteiger partial charge in [0.2, 0.25) is 0 Å². The smallest absolute Gasteiger partial charge is 0.462 e. The predicted octanol–water partition coefficient (Wildman–Crippen LogP) is 13.2. The van der Waals surface area contributed by atoms with Crippen LogP contribution in [0.25, 0.3) is 0 Å². The molecule has 0 spiro atoms. The number of phosphoric acid groups is 1. The first-order valence-electron chi connectivity index (χ1n) is 22.8. The monoisotopic (exact) mass is 800 g/mol. The maximum atomic E-state index is 12.6. The summed E-state index contributed by atoms with van der Waals surface area (Å²) in [4.78, 5) is 34.9. The highest BCUT2D eigenvalue weighted by Crippen LogP contribution is 2.43. The number of esters is 2. The molecule has 2 unspecified atom stereocenters. The highest BCUT2D eigenvalue weighted by molar-refractivity contribution is 7.47. The molecule has 0 aromatic rings. The molecule has 0 aliphatic heterocycles. The van der Waals surface area contributed by atoms with Gasteiger partial charge in [-0.2, -0.15) is 0 Å². The van der Waals surface area contributed by atoms with Crippen molar-refractivity contribution in [2.75, 3.05) is 26.4 Å². The van der Waals surface area contributed by atoms with Crippen molar-refractivity contribution < 1.29 is 37.6 Å². The van der Waals surface area contributed by atoms with E-state index in [1.165, 1.54) is 135 Å². The Bertz CT molecular complexity index is 959. The normalized spacial score (nSPS) is 13.5. The number of allylic oxidation sites excluding steroid dienone is 4. The first kappa shape index (κ1) is 53.5. The lowest BCUT2D eigenvalue weighted by Gasteiger charge is -2.19. The van der Waals surface area contributed by atoms with Gasteiger partial charge in [0.25, 0.3) is 0 Å². The lowest BCUT2D eigenvalue weighted by atomic mass is 10.0. The zero-order valence-corrected chi connectivity index (χ0v) is 36.6. The van der Waals surface area contributed by atoms with E-state index in [1.54, 1.807) is 0 Å². The summed E-state index contributed by atoms with van der Waals surface area (Å²) in [5.41, 5.74) is 5.35. The van der Waals surface area contributed by atoms with E-state index in [2.05, 4.69) is 38.2 Å². The Labute approximate surface area is 338 Å². The number of phosphoric ester groups is 1. The van der Waals surface area contributed by atoms with Crippen LogP contribution in [0, 0.1) is 0 Å². The molecule has 9 nitrogen and oxygen atoms in total. The molecule has 0 amide bonds. The maximum Gasteiger partial charge on any atom is 0.472 e. The van der Waals surface area contributed by atoms with Gasteiger partial charge in [-0.3, -0.25) is 18.6 Å². The molecule has 55 heavy (non-hydrogen) atoms. The third-order valence-electron chi connectivity index (χ3n) is 9.84. The van der Waals surface area contributed by atoms with Crippen molar-refractivity contribution in [1.82, 2.24) is 0 Å². The molecule has 3 N–H and O–H groups in total. The molecule has 0 saturated carbocycles. The van der Waals surface area contributed by atoms with Crippen LogP contribution in [0.1, 0.15) is 219 Å². The molecule has 0 aliphatic carbocycles. The van der Waals surface area contributed by atoms with Crippen LogP contribution in [-0.2, 0) is 32.7 Å². The second-order valence-electron chi connectivity index (χ2n) is 15.3. The van der Waals surface area contributed by atoms with Crippen molar-refractivity contribution in [3.05, 3.63) is 24.3 Å². The van der Waals surface area contributed by atoms with Gasteiger partial charge >= 0.3 is 19.8 Å². The minimum absolute atomic E-state index is 0.0536. The lowest BCUT2D eigenvalue weighted by molar-refractivity contribution is -0.161. The summed E-state index contributed by atoms with van der Waals surface area (Å²) >= 11 is 0. The van der Waals surface area contributed by atoms with Crippen LogP contribution >= 0.6 is 7.82 Å². The maximum absolute atomic E-state index is 12.6. The summed E-state index contributed by atoms with van der Waals surface area (Å²) in [6, 6.07) is 0. The number of carbonyl (C=O) groups excluding carboxylic acids is 2. The third kappa shape index (κ3) is 41.9. The average molecular weight is 800 g/mol. The highest BCUT2D eigenvalue weighted by Gasteiger charge is 2.26. The van der Waals surface area contributed by atoms with Crippen molar-refractivity contribution >= 4 is 19.8 Å². The summed E-state index contributed by atoms with van der Waals surface area (Å²) in [6.45, 7) is 3.73. The van der Waals surface area contributed by atoms with E-state index < -0.39 is 26.5 Å². The van der Waals surface area contributed by atoms with Crippen LogP contribution in [-0.4, -0.2) is 49.3 Å². The minimum atomic E-state index is -4.38. The topological polar surface area (TPSA) is 134 Å². The van der Waals surface area contributed by atoms with Crippen LogP contribution < -0.4 is 5.73 Å². The lowest BCUT2D eigenvalue weighted by Crippen LogP contribution is -2.29. The van der Waals surface area contributed by atoms with Crippen LogP contribution in [0.4, 0.5) is 0 Å². The van der Waals surface area contributed by atoms with E-state index in [0.29, 0.717) is 6.42 Å². The Kier molecular flexibility index (Phi) is 40.9. The Morgan fingerprint density at radius 1 is 0.545 bits per heavy atom. The SMILES string of the molecule is CCCCCC/C=C\C/C=C\CCCCCCCCCC(=O)OC(COC(=O)CCCCCCCCCCCCCCCCCC)COP(=O)(O)OCCN. The van der Waals surface area contributed by atoms with Crippen LogP contribution in [0.2, 0.25) is 0 Å². The highest BCUT2D eigenvalue weighted by atomic mass is 31.2.